The standard InChI is InChI=1S/C18H19ClFNO2/c19-17-11-15(20)5-6-16(17)13-1-3-14(4-2-13)18(22)12-21-7-9-23-10-8-21/h1-6,11,18,22H,7-10,12H2. The molecule has 5 heteroatoms. The van der Waals surface area contributed by atoms with Crippen molar-refractivity contribution in [3.63, 3.8) is 0 Å². The van der Waals surface area contributed by atoms with E-state index in [1.54, 1.807) is 6.07 Å². The third kappa shape index (κ3) is 4.09. The minimum absolute atomic E-state index is 0.351. The molecule has 0 saturated carbocycles. The summed E-state index contributed by atoms with van der Waals surface area (Å²) in [5.74, 6) is -0.351. The molecule has 1 unspecified atom stereocenters. The lowest BCUT2D eigenvalue weighted by atomic mass is 10.0. The molecule has 0 spiro atoms. The van der Waals surface area contributed by atoms with Gasteiger partial charge in [0.25, 0.3) is 0 Å². The molecule has 2 aromatic rings. The summed E-state index contributed by atoms with van der Waals surface area (Å²) < 4.78 is 18.4. The molecule has 2 aromatic carbocycles. The van der Waals surface area contributed by atoms with Crippen LogP contribution in [-0.4, -0.2) is 42.9 Å². The van der Waals surface area contributed by atoms with Crippen molar-refractivity contribution in [1.82, 2.24) is 4.90 Å². The van der Waals surface area contributed by atoms with E-state index in [0.29, 0.717) is 24.8 Å². The average molecular weight is 336 g/mol. The predicted molar refractivity (Wildman–Crippen MR) is 89.1 cm³/mol. The molecule has 0 amide bonds. The molecule has 1 fully saturated rings. The summed E-state index contributed by atoms with van der Waals surface area (Å²) in [7, 11) is 0. The number of halogens is 2. The minimum atomic E-state index is -0.536. The number of hydrogen-bond donors (Lipinski definition) is 1. The molecule has 0 aliphatic carbocycles. The number of hydrogen-bond acceptors (Lipinski definition) is 3. The maximum atomic E-state index is 13.1. The summed E-state index contributed by atoms with van der Waals surface area (Å²) in [6.45, 7) is 3.73. The van der Waals surface area contributed by atoms with Crippen LogP contribution in [0.2, 0.25) is 5.02 Å². The first kappa shape index (κ1) is 16.4. The number of morpholine rings is 1. The van der Waals surface area contributed by atoms with Crippen LogP contribution in [0.1, 0.15) is 11.7 Å². The van der Waals surface area contributed by atoms with Crippen molar-refractivity contribution < 1.29 is 14.2 Å². The minimum Gasteiger partial charge on any atom is -0.387 e. The van der Waals surface area contributed by atoms with Gasteiger partial charge in [-0.2, -0.15) is 0 Å². The summed E-state index contributed by atoms with van der Waals surface area (Å²) in [5.41, 5.74) is 2.54. The third-order valence-electron chi connectivity index (χ3n) is 4.07. The van der Waals surface area contributed by atoms with E-state index in [1.165, 1.54) is 12.1 Å². The van der Waals surface area contributed by atoms with E-state index in [0.717, 1.165) is 29.8 Å². The molecule has 1 aliphatic heterocycles. The van der Waals surface area contributed by atoms with Crippen molar-refractivity contribution in [3.05, 3.63) is 58.9 Å². The second-order valence-corrected chi connectivity index (χ2v) is 6.08. The van der Waals surface area contributed by atoms with Gasteiger partial charge in [-0.1, -0.05) is 35.9 Å². The van der Waals surface area contributed by atoms with Crippen LogP contribution in [-0.2, 0) is 4.74 Å². The Morgan fingerprint density at radius 1 is 1.13 bits per heavy atom. The number of ether oxygens (including phenoxy) is 1. The van der Waals surface area contributed by atoms with Crippen molar-refractivity contribution in [3.8, 4) is 11.1 Å². The van der Waals surface area contributed by atoms with Crippen LogP contribution in [0, 0.1) is 5.82 Å². The van der Waals surface area contributed by atoms with Crippen LogP contribution in [0.5, 0.6) is 0 Å². The smallest absolute Gasteiger partial charge is 0.124 e. The Bertz CT molecular complexity index is 657. The number of β-amino-alcohol motifs (C(OH)–C–C–N with tert-alkyl or cyclic N) is 1. The van der Waals surface area contributed by atoms with Gasteiger partial charge in [0.05, 0.1) is 24.3 Å². The van der Waals surface area contributed by atoms with Crippen LogP contribution < -0.4 is 0 Å². The lowest BCUT2D eigenvalue weighted by molar-refractivity contribution is 0.0143. The van der Waals surface area contributed by atoms with Gasteiger partial charge in [0.1, 0.15) is 5.82 Å². The lowest BCUT2D eigenvalue weighted by Gasteiger charge is -2.28. The number of nitrogens with zero attached hydrogens (tertiary/aromatic N) is 1. The first-order valence-electron chi connectivity index (χ1n) is 7.67. The summed E-state index contributed by atoms with van der Waals surface area (Å²) in [6.07, 6.45) is -0.536. The Labute approximate surface area is 140 Å². The number of rotatable bonds is 4. The third-order valence-corrected chi connectivity index (χ3v) is 4.39. The zero-order chi connectivity index (χ0) is 16.2. The first-order chi connectivity index (χ1) is 11.1. The fraction of sp³-hybridized carbons (Fsp3) is 0.333. The number of benzene rings is 2. The average Bonchev–Trinajstić information content (AvgIpc) is 2.56. The van der Waals surface area contributed by atoms with Gasteiger partial charge >= 0.3 is 0 Å². The lowest BCUT2D eigenvalue weighted by Crippen LogP contribution is -2.38. The molecule has 1 saturated heterocycles. The molecule has 122 valence electrons. The van der Waals surface area contributed by atoms with Gasteiger partial charge in [-0.3, -0.25) is 4.90 Å². The highest BCUT2D eigenvalue weighted by Crippen LogP contribution is 2.29. The second kappa shape index (κ2) is 7.41. The largest absolute Gasteiger partial charge is 0.387 e. The van der Waals surface area contributed by atoms with Crippen LogP contribution in [0.25, 0.3) is 11.1 Å². The van der Waals surface area contributed by atoms with E-state index in [9.17, 15) is 9.50 Å². The monoisotopic (exact) mass is 335 g/mol. The van der Waals surface area contributed by atoms with Crippen LogP contribution in [0.3, 0.4) is 0 Å². The predicted octanol–water partition coefficient (Wildman–Crippen LogP) is 3.51. The topological polar surface area (TPSA) is 32.7 Å². The quantitative estimate of drug-likeness (QED) is 0.928. The van der Waals surface area contributed by atoms with E-state index in [4.69, 9.17) is 16.3 Å². The zero-order valence-corrected chi connectivity index (χ0v) is 13.5. The fourth-order valence-electron chi connectivity index (χ4n) is 2.74. The number of aliphatic hydroxyl groups excluding tert-OH is 1. The molecule has 0 aromatic heterocycles. The summed E-state index contributed by atoms with van der Waals surface area (Å²) in [6, 6.07) is 11.9. The Morgan fingerprint density at radius 2 is 1.83 bits per heavy atom. The maximum absolute atomic E-state index is 13.1. The van der Waals surface area contributed by atoms with Gasteiger partial charge in [-0.05, 0) is 29.3 Å². The van der Waals surface area contributed by atoms with E-state index in [1.807, 2.05) is 24.3 Å². The molecule has 1 atom stereocenters. The molecule has 1 N–H and O–H groups in total. The van der Waals surface area contributed by atoms with Crippen molar-refractivity contribution in [1.29, 1.82) is 0 Å². The van der Waals surface area contributed by atoms with Gasteiger partial charge in [0, 0.05) is 25.2 Å². The van der Waals surface area contributed by atoms with Crippen molar-refractivity contribution >= 4 is 11.6 Å². The molecular weight excluding hydrogens is 317 g/mol. The molecule has 3 rings (SSSR count). The highest BCUT2D eigenvalue weighted by molar-refractivity contribution is 6.33. The molecule has 0 radical (unpaired) electrons. The van der Waals surface area contributed by atoms with Gasteiger partial charge in [-0.25, -0.2) is 4.39 Å². The van der Waals surface area contributed by atoms with Crippen molar-refractivity contribution in [2.75, 3.05) is 32.8 Å². The van der Waals surface area contributed by atoms with E-state index >= 15 is 0 Å². The van der Waals surface area contributed by atoms with Crippen LogP contribution in [0.4, 0.5) is 4.39 Å². The fourth-order valence-corrected chi connectivity index (χ4v) is 3.02. The van der Waals surface area contributed by atoms with Crippen molar-refractivity contribution in [2.45, 2.75) is 6.10 Å². The highest BCUT2D eigenvalue weighted by Gasteiger charge is 2.16. The zero-order valence-electron chi connectivity index (χ0n) is 12.7. The van der Waals surface area contributed by atoms with Crippen molar-refractivity contribution in [2.24, 2.45) is 0 Å². The van der Waals surface area contributed by atoms with Gasteiger partial charge in [-0.15, -0.1) is 0 Å². The normalized spacial score (nSPS) is 17.2. The molecule has 23 heavy (non-hydrogen) atoms. The van der Waals surface area contributed by atoms with Crippen LogP contribution in [0.15, 0.2) is 42.5 Å². The Kier molecular flexibility index (Phi) is 5.28. The van der Waals surface area contributed by atoms with E-state index < -0.39 is 6.10 Å². The van der Waals surface area contributed by atoms with Gasteiger partial charge < -0.3 is 9.84 Å². The van der Waals surface area contributed by atoms with Gasteiger partial charge in [0.15, 0.2) is 0 Å². The molecular formula is C18H19ClFNO2. The SMILES string of the molecule is OC(CN1CCOCC1)c1ccc(-c2ccc(F)cc2Cl)cc1. The molecule has 1 aliphatic rings. The van der Waals surface area contributed by atoms with Gasteiger partial charge in [0.2, 0.25) is 0 Å². The Balaban J connectivity index is 1.71. The molecule has 0 bridgehead atoms. The highest BCUT2D eigenvalue weighted by atomic mass is 35.5. The van der Waals surface area contributed by atoms with E-state index in [2.05, 4.69) is 4.90 Å². The Morgan fingerprint density at radius 3 is 2.48 bits per heavy atom. The molecule has 1 heterocycles. The summed E-state index contributed by atoms with van der Waals surface area (Å²) >= 11 is 6.09. The van der Waals surface area contributed by atoms with E-state index in [-0.39, 0.29) is 5.82 Å². The molecule has 3 nitrogen and oxygen atoms in total. The van der Waals surface area contributed by atoms with Crippen LogP contribution >= 0.6 is 11.6 Å². The number of aliphatic hydroxyl groups is 1. The maximum Gasteiger partial charge on any atom is 0.124 e. The summed E-state index contributed by atoms with van der Waals surface area (Å²) in [4.78, 5) is 2.19. The Hall–Kier alpha value is -1.46. The summed E-state index contributed by atoms with van der Waals surface area (Å²) in [5, 5.41) is 10.7. The first-order valence-corrected chi connectivity index (χ1v) is 8.05. The second-order valence-electron chi connectivity index (χ2n) is 5.67.